The van der Waals surface area contributed by atoms with Gasteiger partial charge in [-0.15, -0.1) is 11.3 Å². The maximum absolute atomic E-state index is 3.90. The first kappa shape index (κ1) is 13.0. The van der Waals surface area contributed by atoms with Crippen molar-refractivity contribution >= 4 is 23.1 Å². The quantitative estimate of drug-likeness (QED) is 0.855. The van der Waals surface area contributed by atoms with Gasteiger partial charge in [0.05, 0.1) is 0 Å². The van der Waals surface area contributed by atoms with E-state index in [1.807, 2.05) is 11.3 Å². The van der Waals surface area contributed by atoms with Crippen LogP contribution in [-0.4, -0.2) is 17.5 Å². The molecule has 1 nitrogen and oxygen atoms in total. The molecule has 1 aromatic heterocycles. The van der Waals surface area contributed by atoms with E-state index in [0.717, 1.165) is 11.2 Å². The number of nitrogens with one attached hydrogen (secondary N) is 1. The minimum atomic E-state index is 0.633. The Bertz CT molecular complexity index is 337. The molecule has 1 saturated heterocycles. The molecule has 3 rings (SSSR count). The Balaban J connectivity index is 1.61. The molecule has 1 aliphatic heterocycles. The van der Waals surface area contributed by atoms with Gasteiger partial charge in [-0.25, -0.2) is 0 Å². The Morgan fingerprint density at radius 3 is 2.78 bits per heavy atom. The molecule has 0 radical (unpaired) electrons. The first-order valence-corrected chi connectivity index (χ1v) is 9.25. The number of hydrogen-bond acceptors (Lipinski definition) is 3. The van der Waals surface area contributed by atoms with Crippen LogP contribution in [0.4, 0.5) is 0 Å². The van der Waals surface area contributed by atoms with Crippen LogP contribution in [0.3, 0.4) is 0 Å². The lowest BCUT2D eigenvalue weighted by molar-refractivity contribution is 0.372. The lowest BCUT2D eigenvalue weighted by Crippen LogP contribution is -2.31. The Hall–Kier alpha value is 0.01000. The number of thioether (sulfide) groups is 1. The summed E-state index contributed by atoms with van der Waals surface area (Å²) in [4.78, 5) is 1.56. The molecule has 1 N–H and O–H groups in total. The van der Waals surface area contributed by atoms with Crippen molar-refractivity contribution < 1.29 is 0 Å². The summed E-state index contributed by atoms with van der Waals surface area (Å²) in [5.74, 6) is 2.26. The highest BCUT2D eigenvalue weighted by molar-refractivity contribution is 8.00. The molecule has 2 unspecified atom stereocenters. The van der Waals surface area contributed by atoms with E-state index in [0.29, 0.717) is 6.04 Å². The number of thiophene rings is 1. The molecule has 18 heavy (non-hydrogen) atoms. The van der Waals surface area contributed by atoms with Gasteiger partial charge in [-0.05, 0) is 48.8 Å². The average Bonchev–Trinajstić information content (AvgIpc) is 3.14. The fourth-order valence-corrected chi connectivity index (χ4v) is 5.43. The van der Waals surface area contributed by atoms with Gasteiger partial charge in [0.25, 0.3) is 0 Å². The molecule has 0 amide bonds. The minimum Gasteiger partial charge on any atom is -0.308 e. The monoisotopic (exact) mass is 281 g/mol. The van der Waals surface area contributed by atoms with Crippen molar-refractivity contribution in [1.82, 2.24) is 5.32 Å². The Labute approximate surface area is 119 Å². The van der Waals surface area contributed by atoms with Gasteiger partial charge in [-0.3, -0.25) is 0 Å². The fraction of sp³-hybridized carbons (Fsp3) is 0.733. The van der Waals surface area contributed by atoms with E-state index in [1.165, 1.54) is 50.8 Å². The summed E-state index contributed by atoms with van der Waals surface area (Å²) in [7, 11) is 0. The molecule has 2 atom stereocenters. The highest BCUT2D eigenvalue weighted by Gasteiger charge is 2.27. The topological polar surface area (TPSA) is 12.0 Å². The van der Waals surface area contributed by atoms with Crippen molar-refractivity contribution in [3.8, 4) is 0 Å². The van der Waals surface area contributed by atoms with Gasteiger partial charge >= 0.3 is 0 Å². The molecular formula is C15H23NS2. The Kier molecular flexibility index (Phi) is 4.66. The van der Waals surface area contributed by atoms with Crippen LogP contribution < -0.4 is 5.32 Å². The molecule has 1 saturated carbocycles. The van der Waals surface area contributed by atoms with Crippen LogP contribution in [0.25, 0.3) is 0 Å². The van der Waals surface area contributed by atoms with E-state index in [2.05, 4.69) is 34.6 Å². The molecule has 2 heterocycles. The lowest BCUT2D eigenvalue weighted by Gasteiger charge is -2.25. The van der Waals surface area contributed by atoms with Crippen LogP contribution in [-0.2, 0) is 0 Å². The molecule has 2 fully saturated rings. The van der Waals surface area contributed by atoms with E-state index >= 15 is 0 Å². The van der Waals surface area contributed by atoms with E-state index in [-0.39, 0.29) is 0 Å². The summed E-state index contributed by atoms with van der Waals surface area (Å²) in [6.45, 7) is 1.21. The second-order valence-corrected chi connectivity index (χ2v) is 7.97. The summed E-state index contributed by atoms with van der Waals surface area (Å²) in [6.07, 6.45) is 8.56. The normalized spacial score (nSPS) is 26.8. The van der Waals surface area contributed by atoms with Gasteiger partial charge < -0.3 is 5.32 Å². The Morgan fingerprint density at radius 1 is 1.22 bits per heavy atom. The van der Waals surface area contributed by atoms with Gasteiger partial charge in [0, 0.05) is 22.7 Å². The van der Waals surface area contributed by atoms with Gasteiger partial charge in [0.1, 0.15) is 0 Å². The summed E-state index contributed by atoms with van der Waals surface area (Å²) < 4.78 is 0. The maximum Gasteiger partial charge on any atom is 0.0443 e. The zero-order valence-corrected chi connectivity index (χ0v) is 12.6. The second-order valence-electron chi connectivity index (χ2n) is 5.58. The van der Waals surface area contributed by atoms with Crippen LogP contribution >= 0.6 is 23.1 Å². The van der Waals surface area contributed by atoms with Gasteiger partial charge in [-0.2, -0.15) is 11.8 Å². The molecule has 100 valence electrons. The van der Waals surface area contributed by atoms with Crippen molar-refractivity contribution in [2.24, 2.45) is 5.92 Å². The molecule has 0 aromatic carbocycles. The van der Waals surface area contributed by atoms with Gasteiger partial charge in [0.2, 0.25) is 0 Å². The highest BCUT2D eigenvalue weighted by Crippen LogP contribution is 2.37. The van der Waals surface area contributed by atoms with Crippen LogP contribution in [0, 0.1) is 5.92 Å². The third-order valence-electron chi connectivity index (χ3n) is 4.31. The summed E-state index contributed by atoms with van der Waals surface area (Å²) in [6, 6.07) is 5.16. The summed E-state index contributed by atoms with van der Waals surface area (Å²) >= 11 is 4.10. The second kappa shape index (κ2) is 6.44. The van der Waals surface area contributed by atoms with Crippen molar-refractivity contribution in [2.75, 3.05) is 12.3 Å². The van der Waals surface area contributed by atoms with E-state index < -0.39 is 0 Å². The number of rotatable bonds is 5. The molecule has 1 aliphatic carbocycles. The minimum absolute atomic E-state index is 0.633. The van der Waals surface area contributed by atoms with Crippen molar-refractivity contribution in [1.29, 1.82) is 0 Å². The molecular weight excluding hydrogens is 258 g/mol. The van der Waals surface area contributed by atoms with Crippen LogP contribution in [0.15, 0.2) is 17.5 Å². The van der Waals surface area contributed by atoms with Crippen molar-refractivity contribution in [3.63, 3.8) is 0 Å². The molecule has 0 bridgehead atoms. The highest BCUT2D eigenvalue weighted by atomic mass is 32.2. The van der Waals surface area contributed by atoms with E-state index in [1.54, 1.807) is 4.88 Å². The molecule has 3 heteroatoms. The van der Waals surface area contributed by atoms with Crippen LogP contribution in [0.1, 0.15) is 49.4 Å². The molecule has 2 aliphatic rings. The smallest absolute Gasteiger partial charge is 0.0443 e. The van der Waals surface area contributed by atoms with Crippen LogP contribution in [0.2, 0.25) is 0 Å². The molecule has 0 spiro atoms. The standard InChI is InChI=1S/C15H23NS2/c1-2-6-12(5-1)15(14-8-4-10-18-14)16-11-13-7-3-9-17-13/h4,8,10,12-13,15-16H,1-3,5-7,9,11H2. The van der Waals surface area contributed by atoms with Gasteiger partial charge in [0.15, 0.2) is 0 Å². The van der Waals surface area contributed by atoms with E-state index in [9.17, 15) is 0 Å². The lowest BCUT2D eigenvalue weighted by atomic mass is 9.96. The predicted molar refractivity (Wildman–Crippen MR) is 82.5 cm³/mol. The largest absolute Gasteiger partial charge is 0.308 e. The van der Waals surface area contributed by atoms with Gasteiger partial charge in [-0.1, -0.05) is 18.9 Å². The summed E-state index contributed by atoms with van der Waals surface area (Å²) in [5.41, 5.74) is 0. The summed E-state index contributed by atoms with van der Waals surface area (Å²) in [5, 5.41) is 6.99. The van der Waals surface area contributed by atoms with Crippen molar-refractivity contribution in [2.45, 2.75) is 49.8 Å². The molecule has 1 aromatic rings. The van der Waals surface area contributed by atoms with Crippen LogP contribution in [0.5, 0.6) is 0 Å². The number of hydrogen-bond donors (Lipinski definition) is 1. The maximum atomic E-state index is 3.90. The zero-order chi connectivity index (χ0) is 12.2. The first-order chi connectivity index (χ1) is 8.93. The van der Waals surface area contributed by atoms with E-state index in [4.69, 9.17) is 0 Å². The fourth-order valence-electron chi connectivity index (χ4n) is 3.32. The predicted octanol–water partition coefficient (Wildman–Crippen LogP) is 4.46. The average molecular weight is 281 g/mol. The van der Waals surface area contributed by atoms with Crippen molar-refractivity contribution in [3.05, 3.63) is 22.4 Å². The third-order valence-corrected chi connectivity index (χ3v) is 6.66. The zero-order valence-electron chi connectivity index (χ0n) is 10.9. The third kappa shape index (κ3) is 3.12. The Morgan fingerprint density at radius 2 is 2.11 bits per heavy atom. The first-order valence-electron chi connectivity index (χ1n) is 7.32. The SMILES string of the molecule is c1csc(C(NCC2CCCS2)C2CCCC2)c1.